The summed E-state index contributed by atoms with van der Waals surface area (Å²) in [5, 5.41) is 5.29. The van der Waals surface area contributed by atoms with Gasteiger partial charge in [-0.1, -0.05) is 17.7 Å². The van der Waals surface area contributed by atoms with Crippen LogP contribution in [0.5, 0.6) is 0 Å². The van der Waals surface area contributed by atoms with Crippen molar-refractivity contribution in [1.29, 1.82) is 0 Å². The summed E-state index contributed by atoms with van der Waals surface area (Å²) in [4.78, 5) is 26.6. The van der Waals surface area contributed by atoms with Gasteiger partial charge in [-0.3, -0.25) is 9.69 Å². The van der Waals surface area contributed by atoms with E-state index in [0.29, 0.717) is 23.4 Å². The zero-order valence-corrected chi connectivity index (χ0v) is 18.1. The molecule has 1 aliphatic heterocycles. The topological polar surface area (TPSA) is 61.4 Å². The number of nitrogens with zero attached hydrogens (tertiary/aromatic N) is 1. The molecule has 5 nitrogen and oxygen atoms in total. The summed E-state index contributed by atoms with van der Waals surface area (Å²) in [5.41, 5.74) is -0.892. The molecule has 1 heterocycles. The van der Waals surface area contributed by atoms with Gasteiger partial charge in [0.2, 0.25) is 0 Å². The Kier molecular flexibility index (Phi) is 5.94. The molecule has 0 radical (unpaired) electrons. The molecule has 2 N–H and O–H groups in total. The van der Waals surface area contributed by atoms with Crippen LogP contribution in [0.2, 0.25) is 5.02 Å². The highest BCUT2D eigenvalue weighted by Gasteiger charge is 2.34. The van der Waals surface area contributed by atoms with Gasteiger partial charge in [-0.05, 0) is 48.5 Å². The van der Waals surface area contributed by atoms with Gasteiger partial charge in [-0.15, -0.1) is 0 Å². The maximum absolute atomic E-state index is 14.0. The lowest BCUT2D eigenvalue weighted by Crippen LogP contribution is -2.45. The van der Waals surface area contributed by atoms with E-state index >= 15 is 0 Å². The van der Waals surface area contributed by atoms with Gasteiger partial charge in [0.05, 0.1) is 17.3 Å². The second-order valence-electron chi connectivity index (χ2n) is 7.53. The molecule has 0 bridgehead atoms. The van der Waals surface area contributed by atoms with E-state index in [4.69, 9.17) is 11.6 Å². The third-order valence-corrected chi connectivity index (χ3v) is 5.65. The van der Waals surface area contributed by atoms with E-state index in [-0.39, 0.29) is 22.3 Å². The van der Waals surface area contributed by atoms with Crippen LogP contribution in [0.4, 0.5) is 38.1 Å². The number of alkyl halides is 3. The molecule has 34 heavy (non-hydrogen) atoms. The molecule has 0 fully saturated rings. The normalized spacial score (nSPS) is 15.6. The number of hydrogen-bond acceptors (Lipinski definition) is 2. The number of amides is 3. The van der Waals surface area contributed by atoms with Crippen LogP contribution in [0.25, 0.3) is 0 Å². The highest BCUT2D eigenvalue weighted by molar-refractivity contribution is 6.31. The van der Waals surface area contributed by atoms with E-state index in [9.17, 15) is 31.5 Å². The summed E-state index contributed by atoms with van der Waals surface area (Å²) in [7, 11) is 1.46. The van der Waals surface area contributed by atoms with Gasteiger partial charge in [0.25, 0.3) is 5.91 Å². The van der Waals surface area contributed by atoms with Gasteiger partial charge in [0.15, 0.2) is 0 Å². The number of nitrogens with one attached hydrogen (secondary N) is 2. The predicted molar refractivity (Wildman–Crippen MR) is 116 cm³/mol. The van der Waals surface area contributed by atoms with Crippen molar-refractivity contribution in [2.24, 2.45) is 0 Å². The van der Waals surface area contributed by atoms with Crippen molar-refractivity contribution < 1.29 is 31.5 Å². The molecule has 3 aromatic rings. The average Bonchev–Trinajstić information content (AvgIpc) is 2.77. The summed E-state index contributed by atoms with van der Waals surface area (Å²) >= 11 is 6.24. The van der Waals surface area contributed by atoms with Gasteiger partial charge >= 0.3 is 12.2 Å². The highest BCUT2D eigenvalue weighted by Crippen LogP contribution is 2.41. The van der Waals surface area contributed by atoms with E-state index in [2.05, 4.69) is 10.6 Å². The fraction of sp³-hybridized carbons (Fsp3) is 0.130. The second kappa shape index (κ2) is 8.60. The molecule has 1 atom stereocenters. The molecular weight excluding hydrogens is 481 g/mol. The van der Waals surface area contributed by atoms with Crippen LogP contribution >= 0.6 is 11.6 Å². The molecule has 0 saturated carbocycles. The number of urea groups is 1. The van der Waals surface area contributed by atoms with Crippen molar-refractivity contribution >= 4 is 34.9 Å². The largest absolute Gasteiger partial charge is 0.416 e. The number of rotatable bonds is 3. The van der Waals surface area contributed by atoms with Crippen LogP contribution in [0.1, 0.15) is 33.1 Å². The maximum atomic E-state index is 14.0. The van der Waals surface area contributed by atoms with Crippen LogP contribution in [0, 0.1) is 11.6 Å². The molecule has 0 saturated heterocycles. The monoisotopic (exact) mass is 495 g/mol. The van der Waals surface area contributed by atoms with Gasteiger partial charge in [-0.2, -0.15) is 13.2 Å². The minimum absolute atomic E-state index is 0.109. The Morgan fingerprint density at radius 3 is 2.50 bits per heavy atom. The van der Waals surface area contributed by atoms with Crippen molar-refractivity contribution in [3.63, 3.8) is 0 Å². The first-order valence-corrected chi connectivity index (χ1v) is 10.1. The first-order chi connectivity index (χ1) is 16.0. The SMILES string of the molecule is CN1C(=O)NC(c2cc(F)ccc2Cl)c2c(NC(=O)c3cc(F)cc(C(F)(F)F)c3)cccc21. The summed E-state index contributed by atoms with van der Waals surface area (Å²) in [6.07, 6.45) is -4.85. The lowest BCUT2D eigenvalue weighted by Gasteiger charge is -2.35. The van der Waals surface area contributed by atoms with E-state index in [1.807, 2.05) is 0 Å². The number of anilines is 2. The Labute approximate surface area is 195 Å². The smallest absolute Gasteiger partial charge is 0.327 e. The molecule has 4 rings (SSSR count). The molecule has 1 aliphatic rings. The van der Waals surface area contributed by atoms with E-state index in [1.54, 1.807) is 6.07 Å². The van der Waals surface area contributed by atoms with E-state index in [1.165, 1.54) is 30.1 Å². The minimum Gasteiger partial charge on any atom is -0.327 e. The van der Waals surface area contributed by atoms with E-state index < -0.39 is 46.9 Å². The number of benzene rings is 3. The number of carbonyl (C=O) groups excluding carboxylic acids is 2. The molecule has 0 aliphatic carbocycles. The highest BCUT2D eigenvalue weighted by atomic mass is 35.5. The summed E-state index contributed by atoms with van der Waals surface area (Å²) < 4.78 is 67.0. The average molecular weight is 496 g/mol. The fourth-order valence-electron chi connectivity index (χ4n) is 3.71. The Bertz CT molecular complexity index is 1310. The van der Waals surface area contributed by atoms with Gasteiger partial charge in [0, 0.05) is 34.4 Å². The molecule has 3 aromatic carbocycles. The lowest BCUT2D eigenvalue weighted by molar-refractivity contribution is -0.137. The summed E-state index contributed by atoms with van der Waals surface area (Å²) in [6.45, 7) is 0. The molecule has 0 spiro atoms. The van der Waals surface area contributed by atoms with Crippen molar-refractivity contribution in [2.75, 3.05) is 17.3 Å². The third kappa shape index (κ3) is 4.41. The van der Waals surface area contributed by atoms with E-state index in [0.717, 1.165) is 12.1 Å². The zero-order chi connectivity index (χ0) is 24.8. The quantitative estimate of drug-likeness (QED) is 0.429. The van der Waals surface area contributed by atoms with Crippen molar-refractivity contribution in [3.05, 3.63) is 93.5 Å². The summed E-state index contributed by atoms with van der Waals surface area (Å²) in [6, 6.07) is 8.09. The van der Waals surface area contributed by atoms with Crippen LogP contribution in [-0.2, 0) is 6.18 Å². The van der Waals surface area contributed by atoms with Crippen LogP contribution in [0.3, 0.4) is 0 Å². The Morgan fingerprint density at radius 2 is 1.79 bits per heavy atom. The number of hydrogen-bond donors (Lipinski definition) is 2. The Morgan fingerprint density at radius 1 is 1.06 bits per heavy atom. The Balaban J connectivity index is 1.80. The van der Waals surface area contributed by atoms with Crippen LogP contribution < -0.4 is 15.5 Å². The minimum atomic E-state index is -4.85. The third-order valence-electron chi connectivity index (χ3n) is 5.31. The molecular formula is C23H15ClF5N3O2. The molecule has 176 valence electrons. The first-order valence-electron chi connectivity index (χ1n) is 9.77. The number of fused-ring (bicyclic) bond motifs is 1. The second-order valence-corrected chi connectivity index (χ2v) is 7.93. The Hall–Kier alpha value is -3.66. The first kappa shape index (κ1) is 23.5. The van der Waals surface area contributed by atoms with Crippen molar-refractivity contribution in [3.8, 4) is 0 Å². The lowest BCUT2D eigenvalue weighted by atomic mass is 9.93. The summed E-state index contributed by atoms with van der Waals surface area (Å²) in [5.74, 6) is -2.86. The van der Waals surface area contributed by atoms with Crippen molar-refractivity contribution in [1.82, 2.24) is 5.32 Å². The molecule has 11 heteroatoms. The maximum Gasteiger partial charge on any atom is 0.416 e. The fourth-order valence-corrected chi connectivity index (χ4v) is 3.93. The molecule has 3 amide bonds. The zero-order valence-electron chi connectivity index (χ0n) is 17.3. The van der Waals surface area contributed by atoms with Crippen LogP contribution in [-0.4, -0.2) is 19.0 Å². The molecule has 0 aromatic heterocycles. The standard InChI is InChI=1S/C23H15ClF5N3O2/c1-32-18-4-2-3-17(30-21(33)11-7-12(23(27,28)29)9-14(26)8-11)19(18)20(31-22(32)34)15-10-13(25)5-6-16(15)24/h2-10,20H,1H3,(H,30,33)(H,31,34). The number of halogens is 6. The number of carbonyl (C=O) groups is 2. The molecule has 1 unspecified atom stereocenters. The van der Waals surface area contributed by atoms with Crippen LogP contribution in [0.15, 0.2) is 54.6 Å². The van der Waals surface area contributed by atoms with Gasteiger partial charge in [-0.25, -0.2) is 13.6 Å². The predicted octanol–water partition coefficient (Wildman–Crippen LogP) is 6.14. The van der Waals surface area contributed by atoms with Gasteiger partial charge < -0.3 is 10.6 Å². The van der Waals surface area contributed by atoms with Crippen molar-refractivity contribution in [2.45, 2.75) is 12.2 Å². The van der Waals surface area contributed by atoms with Gasteiger partial charge in [0.1, 0.15) is 11.6 Å².